The third-order valence-electron chi connectivity index (χ3n) is 2.68. The lowest BCUT2D eigenvalue weighted by Gasteiger charge is -2.15. The summed E-state index contributed by atoms with van der Waals surface area (Å²) in [5.41, 5.74) is 1.42. The highest BCUT2D eigenvalue weighted by Gasteiger charge is 2.07. The van der Waals surface area contributed by atoms with Crippen molar-refractivity contribution < 1.29 is 9.53 Å². The van der Waals surface area contributed by atoms with Crippen LogP contribution in [0.1, 0.15) is 29.4 Å². The van der Waals surface area contributed by atoms with Crippen LogP contribution in [0.4, 0.5) is 0 Å². The summed E-state index contributed by atoms with van der Waals surface area (Å²) in [5, 5.41) is 3.45. The maximum Gasteiger partial charge on any atom is 0.339 e. The number of rotatable bonds is 7. The molecule has 0 fully saturated rings. The zero-order chi connectivity index (χ0) is 13.4. The molecule has 100 valence electrons. The van der Waals surface area contributed by atoms with Crippen molar-refractivity contribution in [2.24, 2.45) is 0 Å². The second kappa shape index (κ2) is 8.11. The van der Waals surface area contributed by atoms with Crippen LogP contribution in [0.5, 0.6) is 0 Å². The minimum Gasteiger partial charge on any atom is -0.465 e. The number of hydrogen-bond donors (Lipinski definition) is 1. The number of hydrogen-bond acceptors (Lipinski definition) is 5. The highest BCUT2D eigenvalue weighted by molar-refractivity contribution is 7.98. The molecule has 0 aromatic carbocycles. The molecule has 0 spiro atoms. The van der Waals surface area contributed by atoms with Gasteiger partial charge in [-0.2, -0.15) is 11.8 Å². The van der Waals surface area contributed by atoms with Crippen molar-refractivity contribution in [1.82, 2.24) is 10.3 Å². The molecule has 1 atom stereocenters. The van der Waals surface area contributed by atoms with E-state index in [1.165, 1.54) is 7.11 Å². The van der Waals surface area contributed by atoms with E-state index in [9.17, 15) is 4.79 Å². The molecule has 0 amide bonds. The van der Waals surface area contributed by atoms with Crippen LogP contribution in [-0.4, -0.2) is 36.1 Å². The zero-order valence-corrected chi connectivity index (χ0v) is 11.9. The Labute approximate surface area is 113 Å². The average Bonchev–Trinajstić information content (AvgIpc) is 2.43. The van der Waals surface area contributed by atoms with Gasteiger partial charge in [-0.05, 0) is 24.8 Å². The van der Waals surface area contributed by atoms with Gasteiger partial charge in [0.1, 0.15) is 0 Å². The summed E-state index contributed by atoms with van der Waals surface area (Å²) in [6.45, 7) is 2.89. The van der Waals surface area contributed by atoms with E-state index < -0.39 is 0 Å². The molecule has 18 heavy (non-hydrogen) atoms. The van der Waals surface area contributed by atoms with Crippen LogP contribution in [-0.2, 0) is 11.3 Å². The SMILES string of the molecule is CCC(CSC)NCc1ccc(C(=O)OC)cn1. The summed E-state index contributed by atoms with van der Waals surface area (Å²) >= 11 is 1.83. The number of carbonyl (C=O) groups is 1. The largest absolute Gasteiger partial charge is 0.465 e. The van der Waals surface area contributed by atoms with E-state index in [0.29, 0.717) is 11.6 Å². The van der Waals surface area contributed by atoms with Gasteiger partial charge in [0.05, 0.1) is 18.4 Å². The predicted octanol–water partition coefficient (Wildman–Crippen LogP) is 2.10. The molecule has 0 aliphatic carbocycles. The smallest absolute Gasteiger partial charge is 0.339 e. The average molecular weight is 268 g/mol. The number of ether oxygens (including phenoxy) is 1. The van der Waals surface area contributed by atoms with E-state index in [4.69, 9.17) is 0 Å². The summed E-state index contributed by atoms with van der Waals surface area (Å²) < 4.78 is 4.63. The maximum absolute atomic E-state index is 11.2. The van der Waals surface area contributed by atoms with Crippen molar-refractivity contribution in [2.75, 3.05) is 19.1 Å². The van der Waals surface area contributed by atoms with Crippen LogP contribution in [0.25, 0.3) is 0 Å². The summed E-state index contributed by atoms with van der Waals surface area (Å²) in [5.74, 6) is 0.743. The van der Waals surface area contributed by atoms with Gasteiger partial charge < -0.3 is 10.1 Å². The first-order valence-corrected chi connectivity index (χ1v) is 7.36. The molecule has 0 aliphatic heterocycles. The van der Waals surface area contributed by atoms with Gasteiger partial charge in [-0.25, -0.2) is 4.79 Å². The standard InChI is InChI=1S/C13H20N2O2S/c1-4-11(9-18-3)15-8-12-6-5-10(7-14-12)13(16)17-2/h5-7,11,15H,4,8-9H2,1-3H3. The number of aromatic nitrogens is 1. The van der Waals surface area contributed by atoms with Crippen LogP contribution < -0.4 is 5.32 Å². The number of pyridine rings is 1. The van der Waals surface area contributed by atoms with Gasteiger partial charge in [0.2, 0.25) is 0 Å². The summed E-state index contributed by atoms with van der Waals surface area (Å²) in [6.07, 6.45) is 4.76. The minimum atomic E-state index is -0.351. The number of thioether (sulfide) groups is 1. The second-order valence-electron chi connectivity index (χ2n) is 3.97. The molecule has 0 aliphatic rings. The lowest BCUT2D eigenvalue weighted by molar-refractivity contribution is 0.0600. The summed E-state index contributed by atoms with van der Waals surface area (Å²) in [4.78, 5) is 15.5. The van der Waals surface area contributed by atoms with E-state index in [2.05, 4.69) is 28.2 Å². The van der Waals surface area contributed by atoms with Gasteiger partial charge in [-0.15, -0.1) is 0 Å². The molecule has 1 rings (SSSR count). The Bertz CT molecular complexity index is 368. The van der Waals surface area contributed by atoms with E-state index in [0.717, 1.165) is 24.4 Å². The van der Waals surface area contributed by atoms with Crippen LogP contribution in [0, 0.1) is 0 Å². The highest BCUT2D eigenvalue weighted by atomic mass is 32.2. The van der Waals surface area contributed by atoms with E-state index in [1.807, 2.05) is 17.8 Å². The number of nitrogens with zero attached hydrogens (tertiary/aromatic N) is 1. The fourth-order valence-electron chi connectivity index (χ4n) is 1.54. The van der Waals surface area contributed by atoms with E-state index in [-0.39, 0.29) is 5.97 Å². The van der Waals surface area contributed by atoms with Crippen molar-refractivity contribution in [1.29, 1.82) is 0 Å². The van der Waals surface area contributed by atoms with Gasteiger partial charge in [0.25, 0.3) is 0 Å². The van der Waals surface area contributed by atoms with Crippen molar-refractivity contribution in [3.8, 4) is 0 Å². The molecule has 0 saturated heterocycles. The maximum atomic E-state index is 11.2. The zero-order valence-electron chi connectivity index (χ0n) is 11.1. The second-order valence-corrected chi connectivity index (χ2v) is 4.88. The first kappa shape index (κ1) is 15.0. The summed E-state index contributed by atoms with van der Waals surface area (Å²) in [7, 11) is 1.37. The van der Waals surface area contributed by atoms with Gasteiger partial charge in [0, 0.05) is 24.5 Å². The minimum absolute atomic E-state index is 0.351. The predicted molar refractivity (Wildman–Crippen MR) is 74.9 cm³/mol. The highest BCUT2D eigenvalue weighted by Crippen LogP contribution is 2.05. The topological polar surface area (TPSA) is 51.2 Å². The Morgan fingerprint density at radius 2 is 2.33 bits per heavy atom. The molecule has 5 heteroatoms. The first-order chi connectivity index (χ1) is 8.71. The molecule has 1 aromatic heterocycles. The quantitative estimate of drug-likeness (QED) is 0.767. The molecule has 4 nitrogen and oxygen atoms in total. The third-order valence-corrected chi connectivity index (χ3v) is 3.41. The van der Waals surface area contributed by atoms with Crippen molar-refractivity contribution in [2.45, 2.75) is 25.9 Å². The number of carbonyl (C=O) groups excluding carboxylic acids is 1. The monoisotopic (exact) mass is 268 g/mol. The summed E-state index contributed by atoms with van der Waals surface area (Å²) in [6, 6.07) is 4.10. The number of methoxy groups -OCH3 is 1. The molecule has 0 bridgehead atoms. The molecular formula is C13H20N2O2S. The van der Waals surface area contributed by atoms with Crippen LogP contribution in [0.3, 0.4) is 0 Å². The number of esters is 1. The molecule has 1 aromatic rings. The van der Waals surface area contributed by atoms with Crippen molar-refractivity contribution in [3.63, 3.8) is 0 Å². The van der Waals surface area contributed by atoms with Gasteiger partial charge in [-0.3, -0.25) is 4.98 Å². The van der Waals surface area contributed by atoms with Gasteiger partial charge in [0.15, 0.2) is 0 Å². The molecule has 1 heterocycles. The van der Waals surface area contributed by atoms with Crippen LogP contribution in [0.2, 0.25) is 0 Å². The Morgan fingerprint density at radius 1 is 1.56 bits per heavy atom. The number of nitrogens with one attached hydrogen (secondary N) is 1. The van der Waals surface area contributed by atoms with E-state index >= 15 is 0 Å². The lowest BCUT2D eigenvalue weighted by atomic mass is 10.2. The Kier molecular flexibility index (Phi) is 6.75. The third kappa shape index (κ3) is 4.66. The normalized spacial score (nSPS) is 12.2. The van der Waals surface area contributed by atoms with Crippen LogP contribution in [0.15, 0.2) is 18.3 Å². The van der Waals surface area contributed by atoms with Crippen molar-refractivity contribution >= 4 is 17.7 Å². The van der Waals surface area contributed by atoms with E-state index in [1.54, 1.807) is 12.3 Å². The van der Waals surface area contributed by atoms with Gasteiger partial charge in [-0.1, -0.05) is 6.92 Å². The fourth-order valence-corrected chi connectivity index (χ4v) is 2.29. The molecular weight excluding hydrogens is 248 g/mol. The Hall–Kier alpha value is -1.07. The van der Waals surface area contributed by atoms with Crippen molar-refractivity contribution in [3.05, 3.63) is 29.6 Å². The van der Waals surface area contributed by atoms with Crippen LogP contribution >= 0.6 is 11.8 Å². The molecule has 0 radical (unpaired) electrons. The van der Waals surface area contributed by atoms with Gasteiger partial charge >= 0.3 is 5.97 Å². The fraction of sp³-hybridized carbons (Fsp3) is 0.538. The molecule has 1 N–H and O–H groups in total. The Morgan fingerprint density at radius 3 is 2.83 bits per heavy atom. The molecule has 0 saturated carbocycles. The Balaban J connectivity index is 2.50. The first-order valence-electron chi connectivity index (χ1n) is 5.96. The lowest BCUT2D eigenvalue weighted by Crippen LogP contribution is -2.30. The molecule has 1 unspecified atom stereocenters.